The summed E-state index contributed by atoms with van der Waals surface area (Å²) in [7, 11) is 0. The van der Waals surface area contributed by atoms with Crippen molar-refractivity contribution in [3.05, 3.63) is 65.3 Å². The average Bonchev–Trinajstić information content (AvgIpc) is 3.08. The van der Waals surface area contributed by atoms with Gasteiger partial charge in [-0.15, -0.1) is 0 Å². The Morgan fingerprint density at radius 2 is 2.04 bits per heavy atom. The Labute approximate surface area is 138 Å². The Morgan fingerprint density at radius 3 is 2.79 bits per heavy atom. The first-order chi connectivity index (χ1) is 11.6. The molecule has 0 bridgehead atoms. The van der Waals surface area contributed by atoms with Crippen LogP contribution in [0.1, 0.15) is 30.0 Å². The summed E-state index contributed by atoms with van der Waals surface area (Å²) < 4.78 is 24.3. The van der Waals surface area contributed by atoms with Crippen LogP contribution in [0.15, 0.2) is 47.0 Å². The summed E-state index contributed by atoms with van der Waals surface area (Å²) in [6.07, 6.45) is -0.526. The molecule has 0 aliphatic rings. The number of aromatic nitrogens is 2. The van der Waals surface area contributed by atoms with Gasteiger partial charge >= 0.3 is 0 Å². The lowest BCUT2D eigenvalue weighted by molar-refractivity contribution is 0.175. The first-order valence-electron chi connectivity index (χ1n) is 7.34. The van der Waals surface area contributed by atoms with E-state index in [-0.39, 0.29) is 11.7 Å². The number of aryl methyl sites for hydroxylation is 1. The van der Waals surface area contributed by atoms with Gasteiger partial charge in [-0.25, -0.2) is 4.39 Å². The van der Waals surface area contributed by atoms with Crippen LogP contribution in [-0.4, -0.2) is 10.1 Å². The molecule has 0 amide bonds. The van der Waals surface area contributed by atoms with Crippen LogP contribution < -0.4 is 4.74 Å². The van der Waals surface area contributed by atoms with E-state index in [0.29, 0.717) is 28.3 Å². The van der Waals surface area contributed by atoms with Crippen LogP contribution in [0.2, 0.25) is 0 Å². The van der Waals surface area contributed by atoms with Crippen LogP contribution in [0.5, 0.6) is 5.75 Å². The molecule has 2 aromatic carbocycles. The normalized spacial score (nSPS) is 11.8. The van der Waals surface area contributed by atoms with Crippen molar-refractivity contribution >= 4 is 0 Å². The molecule has 1 atom stereocenters. The van der Waals surface area contributed by atoms with Gasteiger partial charge in [0.05, 0.1) is 5.56 Å². The van der Waals surface area contributed by atoms with E-state index in [9.17, 15) is 4.39 Å². The molecule has 0 spiro atoms. The summed E-state index contributed by atoms with van der Waals surface area (Å²) in [6, 6.07) is 13.6. The van der Waals surface area contributed by atoms with Crippen molar-refractivity contribution in [2.45, 2.75) is 20.0 Å². The van der Waals surface area contributed by atoms with E-state index in [4.69, 9.17) is 14.5 Å². The number of rotatable bonds is 4. The van der Waals surface area contributed by atoms with Gasteiger partial charge in [-0.05, 0) is 49.7 Å². The van der Waals surface area contributed by atoms with Crippen LogP contribution in [0, 0.1) is 24.1 Å². The largest absolute Gasteiger partial charge is 0.479 e. The monoisotopic (exact) mass is 323 g/mol. The van der Waals surface area contributed by atoms with E-state index in [1.54, 1.807) is 50.2 Å². The van der Waals surface area contributed by atoms with Crippen LogP contribution in [0.25, 0.3) is 11.4 Å². The topological polar surface area (TPSA) is 71.9 Å². The second kappa shape index (κ2) is 6.50. The van der Waals surface area contributed by atoms with Crippen molar-refractivity contribution in [2.75, 3.05) is 0 Å². The third-order valence-corrected chi connectivity index (χ3v) is 3.52. The molecule has 3 rings (SSSR count). The van der Waals surface area contributed by atoms with E-state index >= 15 is 0 Å². The van der Waals surface area contributed by atoms with Gasteiger partial charge in [0.15, 0.2) is 6.10 Å². The summed E-state index contributed by atoms with van der Waals surface area (Å²) in [6.45, 7) is 3.42. The average molecular weight is 323 g/mol. The molecule has 0 saturated carbocycles. The minimum atomic E-state index is -0.526. The molecule has 5 nitrogen and oxygen atoms in total. The minimum absolute atomic E-state index is 0.278. The Hall–Kier alpha value is -3.20. The van der Waals surface area contributed by atoms with Crippen molar-refractivity contribution in [2.24, 2.45) is 0 Å². The van der Waals surface area contributed by atoms with Crippen molar-refractivity contribution in [3.8, 4) is 23.2 Å². The van der Waals surface area contributed by atoms with Gasteiger partial charge in [-0.3, -0.25) is 0 Å². The Balaban J connectivity index is 1.82. The quantitative estimate of drug-likeness (QED) is 0.719. The molecule has 0 unspecified atom stereocenters. The summed E-state index contributed by atoms with van der Waals surface area (Å²) in [5.41, 5.74) is 1.60. The van der Waals surface area contributed by atoms with E-state index in [2.05, 4.69) is 16.2 Å². The molecule has 0 saturated heterocycles. The summed E-state index contributed by atoms with van der Waals surface area (Å²) in [5.74, 6) is 0.800. The minimum Gasteiger partial charge on any atom is -0.479 e. The molecule has 1 aromatic heterocycles. The Morgan fingerprint density at radius 1 is 1.25 bits per heavy atom. The van der Waals surface area contributed by atoms with Crippen LogP contribution >= 0.6 is 0 Å². The summed E-state index contributed by atoms with van der Waals surface area (Å²) in [5, 5.41) is 13.0. The van der Waals surface area contributed by atoms with Gasteiger partial charge < -0.3 is 9.26 Å². The van der Waals surface area contributed by atoms with Gasteiger partial charge in [0, 0.05) is 5.56 Å². The Kier molecular flexibility index (Phi) is 4.25. The molecule has 24 heavy (non-hydrogen) atoms. The fourth-order valence-electron chi connectivity index (χ4n) is 2.20. The molecule has 6 heteroatoms. The molecule has 0 N–H and O–H groups in total. The molecule has 120 valence electrons. The lowest BCUT2D eigenvalue weighted by Crippen LogP contribution is -2.04. The molecular formula is C18H14FN3O2. The number of benzene rings is 2. The third kappa shape index (κ3) is 3.10. The second-order valence-corrected chi connectivity index (χ2v) is 5.29. The number of nitrogens with zero attached hydrogens (tertiary/aromatic N) is 3. The molecule has 0 aliphatic heterocycles. The fraction of sp³-hybridized carbons (Fsp3) is 0.167. The van der Waals surface area contributed by atoms with E-state index in [1.165, 1.54) is 6.07 Å². The highest BCUT2D eigenvalue weighted by Gasteiger charge is 2.18. The number of para-hydroxylation sites is 1. The maximum absolute atomic E-state index is 13.4. The number of hydrogen-bond acceptors (Lipinski definition) is 5. The maximum Gasteiger partial charge on any atom is 0.267 e. The lowest BCUT2D eigenvalue weighted by Gasteiger charge is -2.11. The fourth-order valence-corrected chi connectivity index (χ4v) is 2.20. The Bertz CT molecular complexity index is 915. The number of halogens is 1. The highest BCUT2D eigenvalue weighted by molar-refractivity contribution is 5.55. The molecule has 1 heterocycles. The van der Waals surface area contributed by atoms with E-state index < -0.39 is 6.10 Å². The van der Waals surface area contributed by atoms with Gasteiger partial charge in [-0.1, -0.05) is 17.3 Å². The standard InChI is InChI=1S/C18H14FN3O2/c1-11-9-13(7-8-15(11)19)17-21-18(24-22-17)12(2)23-16-6-4-3-5-14(16)10-20/h3-9,12H,1-2H3/t12-/m0/s1. The highest BCUT2D eigenvalue weighted by Crippen LogP contribution is 2.26. The van der Waals surface area contributed by atoms with Crippen molar-refractivity contribution in [1.82, 2.24) is 10.1 Å². The van der Waals surface area contributed by atoms with E-state index in [0.717, 1.165) is 0 Å². The molecule has 0 aliphatic carbocycles. The zero-order valence-corrected chi connectivity index (χ0v) is 13.2. The SMILES string of the molecule is Cc1cc(-c2noc([C@H](C)Oc3ccccc3C#N)n2)ccc1F. The lowest BCUT2D eigenvalue weighted by atomic mass is 10.1. The van der Waals surface area contributed by atoms with E-state index in [1.807, 2.05) is 0 Å². The van der Waals surface area contributed by atoms with Crippen LogP contribution in [0.3, 0.4) is 0 Å². The highest BCUT2D eigenvalue weighted by atomic mass is 19.1. The van der Waals surface area contributed by atoms with Gasteiger partial charge in [0.25, 0.3) is 5.89 Å². The van der Waals surface area contributed by atoms with Crippen molar-refractivity contribution in [3.63, 3.8) is 0 Å². The van der Waals surface area contributed by atoms with Crippen molar-refractivity contribution in [1.29, 1.82) is 5.26 Å². The van der Waals surface area contributed by atoms with Crippen LogP contribution in [-0.2, 0) is 0 Å². The molecule has 0 radical (unpaired) electrons. The van der Waals surface area contributed by atoms with Crippen LogP contribution in [0.4, 0.5) is 4.39 Å². The number of hydrogen-bond donors (Lipinski definition) is 0. The first-order valence-corrected chi connectivity index (χ1v) is 7.34. The third-order valence-electron chi connectivity index (χ3n) is 3.52. The predicted octanol–water partition coefficient (Wildman–Crippen LogP) is 4.20. The molecular weight excluding hydrogens is 309 g/mol. The van der Waals surface area contributed by atoms with Crippen molar-refractivity contribution < 1.29 is 13.7 Å². The summed E-state index contributed by atoms with van der Waals surface area (Å²) >= 11 is 0. The zero-order valence-electron chi connectivity index (χ0n) is 13.2. The first kappa shape index (κ1) is 15.7. The smallest absolute Gasteiger partial charge is 0.267 e. The maximum atomic E-state index is 13.4. The van der Waals surface area contributed by atoms with Gasteiger partial charge in [0.1, 0.15) is 17.6 Å². The van der Waals surface area contributed by atoms with Gasteiger partial charge in [-0.2, -0.15) is 10.2 Å². The molecule has 3 aromatic rings. The summed E-state index contributed by atoms with van der Waals surface area (Å²) in [4.78, 5) is 4.29. The van der Waals surface area contributed by atoms with Gasteiger partial charge in [0.2, 0.25) is 5.82 Å². The predicted molar refractivity (Wildman–Crippen MR) is 84.6 cm³/mol. The zero-order chi connectivity index (χ0) is 17.1. The second-order valence-electron chi connectivity index (χ2n) is 5.29. The number of ether oxygens (including phenoxy) is 1. The molecule has 0 fully saturated rings. The number of nitriles is 1.